The number of imidazole rings is 1. The Labute approximate surface area is 111 Å². The van der Waals surface area contributed by atoms with Gasteiger partial charge in [-0.2, -0.15) is 0 Å². The van der Waals surface area contributed by atoms with Crippen molar-refractivity contribution >= 4 is 0 Å². The topological polar surface area (TPSA) is 56.5 Å². The summed E-state index contributed by atoms with van der Waals surface area (Å²) in [5, 5.41) is 10.3. The Morgan fingerprint density at radius 1 is 1.32 bits per heavy atom. The molecule has 1 aliphatic rings. The zero-order chi connectivity index (χ0) is 13.2. The highest BCUT2D eigenvalue weighted by atomic mass is 16.6. The fourth-order valence-electron chi connectivity index (χ4n) is 2.15. The van der Waals surface area contributed by atoms with Gasteiger partial charge in [0.15, 0.2) is 11.5 Å². The zero-order valence-corrected chi connectivity index (χ0v) is 10.7. The Kier molecular flexibility index (Phi) is 3.13. The van der Waals surface area contributed by atoms with Crippen molar-refractivity contribution in [1.29, 1.82) is 0 Å². The van der Waals surface area contributed by atoms with Gasteiger partial charge in [-0.1, -0.05) is 6.07 Å². The number of aliphatic hydroxyl groups is 1. The van der Waals surface area contributed by atoms with E-state index in [1.807, 2.05) is 36.0 Å². The standard InChI is InChI=1S/C14H16N2O3/c1-16-5-4-15-14(16)9-11(17)10-2-3-12-13(8-10)19-7-6-18-12/h2-5,8,11,17H,6-7,9H2,1H3. The SMILES string of the molecule is Cn1ccnc1CC(O)c1ccc2c(c1)OCCO2. The molecule has 2 heterocycles. The molecule has 3 rings (SSSR count). The summed E-state index contributed by atoms with van der Waals surface area (Å²) in [5.74, 6) is 2.28. The normalized spacial score (nSPS) is 15.3. The van der Waals surface area contributed by atoms with Crippen molar-refractivity contribution in [3.63, 3.8) is 0 Å². The van der Waals surface area contributed by atoms with Gasteiger partial charge in [-0.3, -0.25) is 0 Å². The molecular formula is C14H16N2O3. The number of aliphatic hydroxyl groups excluding tert-OH is 1. The number of benzene rings is 1. The van der Waals surface area contributed by atoms with Crippen LogP contribution in [0.1, 0.15) is 17.5 Å². The molecule has 0 bridgehead atoms. The van der Waals surface area contributed by atoms with Gasteiger partial charge in [0.2, 0.25) is 0 Å². The van der Waals surface area contributed by atoms with Gasteiger partial charge in [-0.15, -0.1) is 0 Å². The lowest BCUT2D eigenvalue weighted by atomic mass is 10.1. The van der Waals surface area contributed by atoms with Crippen LogP contribution in [0.25, 0.3) is 0 Å². The first-order chi connectivity index (χ1) is 9.24. The van der Waals surface area contributed by atoms with Crippen molar-refractivity contribution in [2.75, 3.05) is 13.2 Å². The van der Waals surface area contributed by atoms with E-state index in [2.05, 4.69) is 4.98 Å². The third-order valence-electron chi connectivity index (χ3n) is 3.25. The number of hydrogen-bond acceptors (Lipinski definition) is 4. The summed E-state index contributed by atoms with van der Waals surface area (Å²) in [5.41, 5.74) is 0.812. The highest BCUT2D eigenvalue weighted by molar-refractivity contribution is 5.44. The number of ether oxygens (including phenoxy) is 2. The molecule has 5 nitrogen and oxygen atoms in total. The maximum absolute atomic E-state index is 10.3. The average molecular weight is 260 g/mol. The second kappa shape index (κ2) is 4.93. The molecule has 1 unspecified atom stereocenters. The second-order valence-electron chi connectivity index (χ2n) is 4.58. The number of fused-ring (bicyclic) bond motifs is 1. The van der Waals surface area contributed by atoms with E-state index in [9.17, 15) is 5.11 Å². The monoisotopic (exact) mass is 260 g/mol. The van der Waals surface area contributed by atoms with Crippen LogP contribution in [-0.4, -0.2) is 27.9 Å². The van der Waals surface area contributed by atoms with Gasteiger partial charge in [-0.05, 0) is 17.7 Å². The Morgan fingerprint density at radius 2 is 2.11 bits per heavy atom. The number of hydrogen-bond donors (Lipinski definition) is 1. The van der Waals surface area contributed by atoms with Crippen molar-refractivity contribution in [3.8, 4) is 11.5 Å². The molecule has 19 heavy (non-hydrogen) atoms. The molecule has 2 aromatic rings. The molecular weight excluding hydrogens is 244 g/mol. The molecule has 0 saturated heterocycles. The quantitative estimate of drug-likeness (QED) is 0.908. The molecule has 1 N–H and O–H groups in total. The number of aryl methyl sites for hydroxylation is 1. The van der Waals surface area contributed by atoms with Crippen molar-refractivity contribution in [2.45, 2.75) is 12.5 Å². The van der Waals surface area contributed by atoms with Gasteiger partial charge in [-0.25, -0.2) is 4.98 Å². The Balaban J connectivity index is 1.80. The van der Waals surface area contributed by atoms with Crippen LogP contribution in [0.5, 0.6) is 11.5 Å². The van der Waals surface area contributed by atoms with Crippen molar-refractivity contribution in [1.82, 2.24) is 9.55 Å². The van der Waals surface area contributed by atoms with Crippen LogP contribution in [0, 0.1) is 0 Å². The fourth-order valence-corrected chi connectivity index (χ4v) is 2.15. The Bertz CT molecular complexity index is 580. The van der Waals surface area contributed by atoms with E-state index < -0.39 is 6.10 Å². The van der Waals surface area contributed by atoms with Crippen molar-refractivity contribution in [3.05, 3.63) is 42.0 Å². The minimum absolute atomic E-state index is 0.475. The van der Waals surface area contributed by atoms with E-state index in [0.29, 0.717) is 25.4 Å². The molecule has 1 atom stereocenters. The summed E-state index contributed by atoms with van der Waals surface area (Å²) in [6.45, 7) is 1.12. The van der Waals surface area contributed by atoms with Crippen LogP contribution in [0.2, 0.25) is 0 Å². The van der Waals surface area contributed by atoms with E-state index in [1.54, 1.807) is 6.20 Å². The zero-order valence-electron chi connectivity index (χ0n) is 10.7. The van der Waals surface area contributed by atoms with Crippen LogP contribution >= 0.6 is 0 Å². The van der Waals surface area contributed by atoms with Crippen LogP contribution < -0.4 is 9.47 Å². The van der Waals surface area contributed by atoms with Gasteiger partial charge in [0.1, 0.15) is 19.0 Å². The van der Waals surface area contributed by atoms with Gasteiger partial charge >= 0.3 is 0 Å². The van der Waals surface area contributed by atoms with E-state index in [1.165, 1.54) is 0 Å². The van der Waals surface area contributed by atoms with Crippen LogP contribution in [0.3, 0.4) is 0 Å². The summed E-state index contributed by atoms with van der Waals surface area (Å²) in [6.07, 6.45) is 3.47. The molecule has 1 aliphatic heterocycles. The van der Waals surface area contributed by atoms with Gasteiger partial charge < -0.3 is 19.1 Å². The lowest BCUT2D eigenvalue weighted by molar-refractivity contribution is 0.163. The highest BCUT2D eigenvalue weighted by Gasteiger charge is 2.16. The lowest BCUT2D eigenvalue weighted by Crippen LogP contribution is -2.16. The van der Waals surface area contributed by atoms with Gasteiger partial charge in [0.25, 0.3) is 0 Å². The molecule has 1 aromatic heterocycles. The Morgan fingerprint density at radius 3 is 2.84 bits per heavy atom. The minimum atomic E-state index is -0.600. The van der Waals surface area contributed by atoms with Gasteiger partial charge in [0, 0.05) is 25.9 Å². The summed E-state index contributed by atoms with van der Waals surface area (Å²) in [7, 11) is 1.92. The molecule has 0 aliphatic carbocycles. The fraction of sp³-hybridized carbons (Fsp3) is 0.357. The van der Waals surface area contributed by atoms with Crippen molar-refractivity contribution < 1.29 is 14.6 Å². The third kappa shape index (κ3) is 2.42. The van der Waals surface area contributed by atoms with Crippen LogP contribution in [0.4, 0.5) is 0 Å². The molecule has 0 saturated carbocycles. The van der Waals surface area contributed by atoms with Crippen LogP contribution in [0.15, 0.2) is 30.6 Å². The smallest absolute Gasteiger partial charge is 0.161 e. The second-order valence-corrected chi connectivity index (χ2v) is 4.58. The van der Waals surface area contributed by atoms with Crippen molar-refractivity contribution in [2.24, 2.45) is 7.05 Å². The van der Waals surface area contributed by atoms with E-state index in [0.717, 1.165) is 17.1 Å². The van der Waals surface area contributed by atoms with E-state index >= 15 is 0 Å². The number of nitrogens with zero attached hydrogens (tertiary/aromatic N) is 2. The lowest BCUT2D eigenvalue weighted by Gasteiger charge is -2.20. The van der Waals surface area contributed by atoms with Gasteiger partial charge in [0.05, 0.1) is 6.10 Å². The number of aromatic nitrogens is 2. The van der Waals surface area contributed by atoms with E-state index in [-0.39, 0.29) is 0 Å². The molecule has 1 aromatic carbocycles. The highest BCUT2D eigenvalue weighted by Crippen LogP contribution is 2.33. The maximum atomic E-state index is 10.3. The summed E-state index contributed by atoms with van der Waals surface area (Å²) in [4.78, 5) is 4.22. The molecule has 100 valence electrons. The predicted molar refractivity (Wildman–Crippen MR) is 69.3 cm³/mol. The average Bonchev–Trinajstić information content (AvgIpc) is 2.84. The maximum Gasteiger partial charge on any atom is 0.161 e. The van der Waals surface area contributed by atoms with E-state index in [4.69, 9.17) is 9.47 Å². The first-order valence-electron chi connectivity index (χ1n) is 6.28. The van der Waals surface area contributed by atoms with Crippen LogP contribution in [-0.2, 0) is 13.5 Å². The third-order valence-corrected chi connectivity index (χ3v) is 3.25. The Hall–Kier alpha value is -2.01. The minimum Gasteiger partial charge on any atom is -0.486 e. The largest absolute Gasteiger partial charge is 0.486 e. The molecule has 0 radical (unpaired) electrons. The molecule has 0 amide bonds. The summed E-state index contributed by atoms with van der Waals surface area (Å²) < 4.78 is 12.9. The first kappa shape index (κ1) is 12.0. The molecule has 0 fully saturated rings. The summed E-state index contributed by atoms with van der Waals surface area (Å²) in [6, 6.07) is 5.54. The molecule has 0 spiro atoms. The number of rotatable bonds is 3. The predicted octanol–water partition coefficient (Wildman–Crippen LogP) is 1.47. The molecule has 5 heteroatoms. The summed E-state index contributed by atoms with van der Waals surface area (Å²) >= 11 is 0. The first-order valence-corrected chi connectivity index (χ1v) is 6.28.